The summed E-state index contributed by atoms with van der Waals surface area (Å²) in [6.45, 7) is 0.0670. The first-order valence-corrected chi connectivity index (χ1v) is 11.5. The van der Waals surface area contributed by atoms with Crippen molar-refractivity contribution in [1.29, 1.82) is 0 Å². The number of rotatable bonds is 7. The second-order valence-electron chi connectivity index (χ2n) is 6.93. The first kappa shape index (κ1) is 20.9. The van der Waals surface area contributed by atoms with Gasteiger partial charge in [-0.05, 0) is 37.3 Å². The lowest BCUT2D eigenvalue weighted by Crippen LogP contribution is -2.36. The second kappa shape index (κ2) is 7.88. The Balaban J connectivity index is 2.18. The van der Waals surface area contributed by atoms with E-state index in [1.807, 2.05) is 0 Å². The minimum absolute atomic E-state index is 0.0135. The first-order chi connectivity index (χ1) is 13.1. The molecular formula is C17H19Cl2N3O5S. The molecule has 0 aliphatic heterocycles. The normalized spacial score (nSPS) is 15.5. The first-order valence-electron chi connectivity index (χ1n) is 8.64. The van der Waals surface area contributed by atoms with Crippen molar-refractivity contribution in [3.63, 3.8) is 0 Å². The number of fused-ring (bicyclic) bond motifs is 1. The third-order valence-electron chi connectivity index (χ3n) is 4.59. The standard InChI is InChI=1S/C17H19Cl2N3O5S/c1-28(26,27)8-2-7-22-15(13(9-3-4-9)21-17(24)25)20-14-11(19)6-5-10(18)12(14)16(22)23/h5-6,9,13,21H,2-4,7-8H2,1H3,(H,24,25). The SMILES string of the molecule is CS(=O)(=O)CCCn1c(C(NC(=O)O)C2CC2)nc2c(Cl)ccc(Cl)c2c1=O. The Morgan fingerprint density at radius 3 is 2.57 bits per heavy atom. The van der Waals surface area contributed by atoms with E-state index in [0.717, 1.165) is 19.1 Å². The minimum atomic E-state index is -3.21. The van der Waals surface area contributed by atoms with E-state index in [1.165, 1.54) is 16.7 Å². The number of hydrogen-bond donors (Lipinski definition) is 2. The molecule has 3 rings (SSSR count). The maximum Gasteiger partial charge on any atom is 0.405 e. The Morgan fingerprint density at radius 2 is 2.00 bits per heavy atom. The number of carbonyl (C=O) groups is 1. The molecule has 1 fully saturated rings. The van der Waals surface area contributed by atoms with E-state index in [1.54, 1.807) is 0 Å². The maximum atomic E-state index is 13.2. The molecule has 152 valence electrons. The molecule has 1 aromatic carbocycles. The van der Waals surface area contributed by atoms with Gasteiger partial charge in [0.05, 0.1) is 32.7 Å². The van der Waals surface area contributed by atoms with Crippen LogP contribution in [0.1, 0.15) is 31.1 Å². The molecule has 1 amide bonds. The molecule has 1 aliphatic rings. The topological polar surface area (TPSA) is 118 Å². The monoisotopic (exact) mass is 447 g/mol. The predicted octanol–water partition coefficient (Wildman–Crippen LogP) is 2.86. The van der Waals surface area contributed by atoms with E-state index in [0.29, 0.717) is 0 Å². The molecule has 28 heavy (non-hydrogen) atoms. The van der Waals surface area contributed by atoms with Gasteiger partial charge in [-0.3, -0.25) is 9.36 Å². The van der Waals surface area contributed by atoms with Crippen molar-refractivity contribution in [1.82, 2.24) is 14.9 Å². The van der Waals surface area contributed by atoms with Crippen LogP contribution in [0, 0.1) is 5.92 Å². The molecule has 0 radical (unpaired) electrons. The van der Waals surface area contributed by atoms with Crippen molar-refractivity contribution in [2.24, 2.45) is 5.92 Å². The number of aromatic nitrogens is 2. The van der Waals surface area contributed by atoms with Gasteiger partial charge >= 0.3 is 6.09 Å². The van der Waals surface area contributed by atoms with E-state index in [9.17, 15) is 23.1 Å². The van der Waals surface area contributed by atoms with Crippen LogP contribution < -0.4 is 10.9 Å². The van der Waals surface area contributed by atoms with Gasteiger partial charge in [0, 0.05) is 12.8 Å². The summed E-state index contributed by atoms with van der Waals surface area (Å²) in [4.78, 5) is 29.0. The van der Waals surface area contributed by atoms with Crippen molar-refractivity contribution >= 4 is 50.0 Å². The average molecular weight is 448 g/mol. The zero-order valence-corrected chi connectivity index (χ0v) is 17.3. The van der Waals surface area contributed by atoms with Gasteiger partial charge in [0.2, 0.25) is 0 Å². The molecule has 2 N–H and O–H groups in total. The van der Waals surface area contributed by atoms with Crippen LogP contribution in [0.2, 0.25) is 10.0 Å². The van der Waals surface area contributed by atoms with E-state index < -0.39 is 27.5 Å². The molecule has 11 heteroatoms. The van der Waals surface area contributed by atoms with Gasteiger partial charge in [-0.1, -0.05) is 23.2 Å². The highest BCUT2D eigenvalue weighted by Gasteiger charge is 2.37. The summed E-state index contributed by atoms with van der Waals surface area (Å²) in [5.74, 6) is 0.125. The van der Waals surface area contributed by atoms with Gasteiger partial charge in [-0.15, -0.1) is 0 Å². The molecule has 1 aliphatic carbocycles. The largest absolute Gasteiger partial charge is 0.465 e. The average Bonchev–Trinajstić information content (AvgIpc) is 3.41. The highest BCUT2D eigenvalue weighted by Crippen LogP contribution is 2.41. The molecule has 0 bridgehead atoms. The minimum Gasteiger partial charge on any atom is -0.465 e. The van der Waals surface area contributed by atoms with Crippen LogP contribution in [0.3, 0.4) is 0 Å². The molecule has 1 atom stereocenters. The number of nitrogens with zero attached hydrogens (tertiary/aromatic N) is 2. The molecule has 1 saturated carbocycles. The van der Waals surface area contributed by atoms with E-state index >= 15 is 0 Å². The smallest absolute Gasteiger partial charge is 0.405 e. The van der Waals surface area contributed by atoms with Crippen LogP contribution in [0.15, 0.2) is 16.9 Å². The van der Waals surface area contributed by atoms with E-state index in [-0.39, 0.29) is 51.4 Å². The number of nitrogens with one attached hydrogen (secondary N) is 1. The molecule has 0 saturated heterocycles. The highest BCUT2D eigenvalue weighted by molar-refractivity contribution is 7.90. The number of carboxylic acid groups (broad SMARTS) is 1. The summed E-state index contributed by atoms with van der Waals surface area (Å²) in [7, 11) is -3.21. The number of sulfone groups is 1. The van der Waals surface area contributed by atoms with Gasteiger partial charge in [-0.2, -0.15) is 0 Å². The summed E-state index contributed by atoms with van der Waals surface area (Å²) in [5, 5.41) is 12.2. The lowest BCUT2D eigenvalue weighted by Gasteiger charge is -2.21. The van der Waals surface area contributed by atoms with Gasteiger partial charge < -0.3 is 10.4 Å². The maximum absolute atomic E-state index is 13.2. The molecule has 1 unspecified atom stereocenters. The fourth-order valence-corrected chi connectivity index (χ4v) is 4.25. The van der Waals surface area contributed by atoms with Crippen molar-refractivity contribution in [2.75, 3.05) is 12.0 Å². The number of benzene rings is 1. The van der Waals surface area contributed by atoms with Crippen LogP contribution in [0.4, 0.5) is 4.79 Å². The third kappa shape index (κ3) is 4.59. The van der Waals surface area contributed by atoms with Crippen molar-refractivity contribution < 1.29 is 18.3 Å². The van der Waals surface area contributed by atoms with Crippen molar-refractivity contribution in [2.45, 2.75) is 31.8 Å². The quantitative estimate of drug-likeness (QED) is 0.673. The Bertz CT molecular complexity index is 1100. The fraction of sp³-hybridized carbons (Fsp3) is 0.471. The predicted molar refractivity (Wildman–Crippen MR) is 107 cm³/mol. The fourth-order valence-electron chi connectivity index (χ4n) is 3.16. The molecule has 1 heterocycles. The van der Waals surface area contributed by atoms with Crippen LogP contribution in [-0.4, -0.2) is 41.2 Å². The Hall–Kier alpha value is -1.84. The van der Waals surface area contributed by atoms with Gasteiger partial charge in [-0.25, -0.2) is 18.2 Å². The summed E-state index contributed by atoms with van der Waals surface area (Å²) in [5.41, 5.74) is -0.273. The molecule has 2 aromatic rings. The Kier molecular flexibility index (Phi) is 5.88. The summed E-state index contributed by atoms with van der Waals surface area (Å²) < 4.78 is 24.3. The van der Waals surface area contributed by atoms with Crippen LogP contribution in [0.25, 0.3) is 10.9 Å². The van der Waals surface area contributed by atoms with E-state index in [4.69, 9.17) is 23.2 Å². The second-order valence-corrected chi connectivity index (χ2v) is 10.0. The van der Waals surface area contributed by atoms with Crippen molar-refractivity contribution in [3.05, 3.63) is 38.4 Å². The van der Waals surface area contributed by atoms with Gasteiger partial charge in [0.1, 0.15) is 15.7 Å². The van der Waals surface area contributed by atoms with Crippen LogP contribution >= 0.6 is 23.2 Å². The third-order valence-corrected chi connectivity index (χ3v) is 6.24. The summed E-state index contributed by atoms with van der Waals surface area (Å²) in [6.07, 6.45) is 1.66. The van der Waals surface area contributed by atoms with Gasteiger partial charge in [0.15, 0.2) is 0 Å². The zero-order chi connectivity index (χ0) is 20.6. The lowest BCUT2D eigenvalue weighted by atomic mass is 10.1. The van der Waals surface area contributed by atoms with Crippen LogP contribution in [-0.2, 0) is 16.4 Å². The summed E-state index contributed by atoms with van der Waals surface area (Å²) in [6, 6.07) is 2.32. The molecular weight excluding hydrogens is 429 g/mol. The highest BCUT2D eigenvalue weighted by atomic mass is 35.5. The molecule has 1 aromatic heterocycles. The number of hydrogen-bond acceptors (Lipinski definition) is 5. The number of halogens is 2. The van der Waals surface area contributed by atoms with Crippen molar-refractivity contribution in [3.8, 4) is 0 Å². The van der Waals surface area contributed by atoms with Gasteiger partial charge in [0.25, 0.3) is 5.56 Å². The zero-order valence-electron chi connectivity index (χ0n) is 15.0. The number of amides is 1. The molecule has 8 nitrogen and oxygen atoms in total. The molecule has 0 spiro atoms. The summed E-state index contributed by atoms with van der Waals surface area (Å²) >= 11 is 12.4. The Labute approximate surface area is 171 Å². The lowest BCUT2D eigenvalue weighted by molar-refractivity contribution is 0.187. The van der Waals surface area contributed by atoms with Crippen LogP contribution in [0.5, 0.6) is 0 Å². The Morgan fingerprint density at radius 1 is 1.36 bits per heavy atom. The van der Waals surface area contributed by atoms with E-state index in [2.05, 4.69) is 10.3 Å².